The molecule has 22 heavy (non-hydrogen) atoms. The number of nitrogens with zero attached hydrogens (tertiary/aromatic N) is 1. The van der Waals surface area contributed by atoms with Crippen molar-refractivity contribution in [3.63, 3.8) is 0 Å². The smallest absolute Gasteiger partial charge is 0.320 e. The summed E-state index contributed by atoms with van der Waals surface area (Å²) in [5.41, 5.74) is 0.788. The number of carbonyl (C=O) groups is 2. The van der Waals surface area contributed by atoms with Crippen molar-refractivity contribution in [1.29, 1.82) is 0 Å². The second-order valence-corrected chi connectivity index (χ2v) is 5.59. The zero-order valence-corrected chi connectivity index (χ0v) is 13.9. The van der Waals surface area contributed by atoms with Gasteiger partial charge in [0, 0.05) is 17.3 Å². The zero-order chi connectivity index (χ0) is 15.4. The van der Waals surface area contributed by atoms with Crippen LogP contribution in [0.2, 0.25) is 5.02 Å². The fraction of sp³-hybridized carbons (Fsp3) is 0.467. The molecule has 0 spiro atoms. The van der Waals surface area contributed by atoms with E-state index in [-0.39, 0.29) is 18.3 Å². The SMILES string of the molecule is CCCC(NC1CCN(c2ccc(Cl)cc2)C1=O)C(=O)O.Cl. The molecule has 1 aromatic carbocycles. The number of nitrogens with one attached hydrogen (secondary N) is 1. The average molecular weight is 347 g/mol. The van der Waals surface area contributed by atoms with E-state index in [0.717, 1.165) is 12.1 Å². The molecule has 1 fully saturated rings. The lowest BCUT2D eigenvalue weighted by Gasteiger charge is -2.20. The lowest BCUT2D eigenvalue weighted by molar-refractivity contribution is -0.140. The summed E-state index contributed by atoms with van der Waals surface area (Å²) in [6.07, 6.45) is 1.88. The molecule has 122 valence electrons. The topological polar surface area (TPSA) is 69.6 Å². The van der Waals surface area contributed by atoms with E-state index in [1.54, 1.807) is 29.2 Å². The van der Waals surface area contributed by atoms with Crippen LogP contribution in [0.1, 0.15) is 26.2 Å². The van der Waals surface area contributed by atoms with Gasteiger partial charge in [0.1, 0.15) is 6.04 Å². The molecular weight excluding hydrogens is 327 g/mol. The van der Waals surface area contributed by atoms with Gasteiger partial charge in [-0.1, -0.05) is 24.9 Å². The van der Waals surface area contributed by atoms with Gasteiger partial charge in [0.2, 0.25) is 5.91 Å². The number of benzene rings is 1. The van der Waals surface area contributed by atoms with E-state index in [2.05, 4.69) is 5.32 Å². The third-order valence-corrected chi connectivity index (χ3v) is 3.87. The third kappa shape index (κ3) is 4.35. The summed E-state index contributed by atoms with van der Waals surface area (Å²) in [7, 11) is 0. The first kappa shape index (κ1) is 18.7. The Morgan fingerprint density at radius 3 is 2.64 bits per heavy atom. The van der Waals surface area contributed by atoms with Crippen molar-refractivity contribution in [3.8, 4) is 0 Å². The number of amides is 1. The molecule has 1 aliphatic rings. The highest BCUT2D eigenvalue weighted by atomic mass is 35.5. The normalized spacial score (nSPS) is 18.9. The maximum absolute atomic E-state index is 12.4. The number of hydrogen-bond donors (Lipinski definition) is 2. The van der Waals surface area contributed by atoms with E-state index >= 15 is 0 Å². The molecule has 0 saturated carbocycles. The van der Waals surface area contributed by atoms with Crippen LogP contribution in [-0.4, -0.2) is 35.6 Å². The van der Waals surface area contributed by atoms with E-state index in [0.29, 0.717) is 24.4 Å². The highest BCUT2D eigenvalue weighted by Crippen LogP contribution is 2.23. The molecule has 0 aromatic heterocycles. The van der Waals surface area contributed by atoms with Crippen LogP contribution in [0.25, 0.3) is 0 Å². The Kier molecular flexibility index (Phi) is 7.13. The van der Waals surface area contributed by atoms with Gasteiger partial charge < -0.3 is 10.0 Å². The average Bonchev–Trinajstić information content (AvgIpc) is 2.81. The molecule has 1 aromatic rings. The summed E-state index contributed by atoms with van der Waals surface area (Å²) in [5.74, 6) is -0.991. The molecule has 2 rings (SSSR count). The van der Waals surface area contributed by atoms with Crippen LogP contribution in [0.3, 0.4) is 0 Å². The van der Waals surface area contributed by atoms with Crippen molar-refractivity contribution in [1.82, 2.24) is 5.32 Å². The van der Waals surface area contributed by atoms with Crippen molar-refractivity contribution >= 4 is 41.6 Å². The standard InChI is InChI=1S/C15H19ClN2O3.ClH/c1-2-3-13(15(20)21)17-12-8-9-18(14(12)19)11-6-4-10(16)5-7-11;/h4-7,12-13,17H,2-3,8-9H2,1H3,(H,20,21);1H. The summed E-state index contributed by atoms with van der Waals surface area (Å²) in [4.78, 5) is 25.2. The predicted octanol–water partition coefficient (Wildman–Crippen LogP) is 2.71. The van der Waals surface area contributed by atoms with Crippen molar-refractivity contribution in [2.75, 3.05) is 11.4 Å². The summed E-state index contributed by atoms with van der Waals surface area (Å²) in [6, 6.07) is 5.96. The molecule has 1 amide bonds. The van der Waals surface area contributed by atoms with Gasteiger partial charge in [0.15, 0.2) is 0 Å². The number of rotatable bonds is 6. The summed E-state index contributed by atoms with van der Waals surface area (Å²) >= 11 is 5.84. The summed E-state index contributed by atoms with van der Waals surface area (Å²) < 4.78 is 0. The molecule has 7 heteroatoms. The minimum atomic E-state index is -0.908. The molecule has 1 heterocycles. The Morgan fingerprint density at radius 1 is 1.45 bits per heavy atom. The number of carboxylic acid groups (broad SMARTS) is 1. The van der Waals surface area contributed by atoms with E-state index in [1.807, 2.05) is 6.92 Å². The largest absolute Gasteiger partial charge is 0.480 e. The first-order chi connectivity index (χ1) is 10.0. The van der Waals surface area contributed by atoms with Crippen LogP contribution in [0.5, 0.6) is 0 Å². The monoisotopic (exact) mass is 346 g/mol. The van der Waals surface area contributed by atoms with Gasteiger partial charge in [0.05, 0.1) is 6.04 Å². The molecular formula is C15H20Cl2N2O3. The number of carbonyl (C=O) groups excluding carboxylic acids is 1. The Morgan fingerprint density at radius 2 is 2.09 bits per heavy atom. The van der Waals surface area contributed by atoms with Gasteiger partial charge in [-0.3, -0.25) is 14.9 Å². The second-order valence-electron chi connectivity index (χ2n) is 5.15. The van der Waals surface area contributed by atoms with Crippen LogP contribution in [0, 0.1) is 0 Å². The Hall–Kier alpha value is -1.30. The van der Waals surface area contributed by atoms with Gasteiger partial charge in [-0.25, -0.2) is 0 Å². The molecule has 2 unspecified atom stereocenters. The van der Waals surface area contributed by atoms with Gasteiger partial charge in [-0.05, 0) is 37.1 Å². The Labute approximate surface area is 141 Å². The highest BCUT2D eigenvalue weighted by molar-refractivity contribution is 6.30. The Bertz CT molecular complexity index is 522. The molecule has 1 aliphatic heterocycles. The maximum atomic E-state index is 12.4. The molecule has 0 aliphatic carbocycles. The van der Waals surface area contributed by atoms with E-state index < -0.39 is 18.1 Å². The fourth-order valence-electron chi connectivity index (χ4n) is 2.52. The van der Waals surface area contributed by atoms with Crippen molar-refractivity contribution in [2.45, 2.75) is 38.3 Å². The van der Waals surface area contributed by atoms with Crippen molar-refractivity contribution < 1.29 is 14.7 Å². The quantitative estimate of drug-likeness (QED) is 0.830. The molecule has 2 atom stereocenters. The van der Waals surface area contributed by atoms with Crippen LogP contribution in [0.15, 0.2) is 24.3 Å². The minimum absolute atomic E-state index is 0. The second kappa shape index (κ2) is 8.36. The maximum Gasteiger partial charge on any atom is 0.320 e. The molecule has 0 radical (unpaired) electrons. The highest BCUT2D eigenvalue weighted by Gasteiger charge is 2.34. The van der Waals surface area contributed by atoms with Gasteiger partial charge in [-0.2, -0.15) is 0 Å². The first-order valence-corrected chi connectivity index (χ1v) is 7.46. The van der Waals surface area contributed by atoms with Gasteiger partial charge in [-0.15, -0.1) is 12.4 Å². The van der Waals surface area contributed by atoms with Gasteiger partial charge >= 0.3 is 5.97 Å². The number of hydrogen-bond acceptors (Lipinski definition) is 3. The van der Waals surface area contributed by atoms with Gasteiger partial charge in [0.25, 0.3) is 0 Å². The third-order valence-electron chi connectivity index (χ3n) is 3.62. The Balaban J connectivity index is 0.00000242. The first-order valence-electron chi connectivity index (χ1n) is 7.08. The van der Waals surface area contributed by atoms with Crippen LogP contribution < -0.4 is 10.2 Å². The number of anilines is 1. The lowest BCUT2D eigenvalue weighted by atomic mass is 10.1. The van der Waals surface area contributed by atoms with Crippen molar-refractivity contribution in [3.05, 3.63) is 29.3 Å². The number of aliphatic carboxylic acids is 1. The lowest BCUT2D eigenvalue weighted by Crippen LogP contribution is -2.47. The van der Waals surface area contributed by atoms with Crippen LogP contribution in [-0.2, 0) is 9.59 Å². The molecule has 5 nitrogen and oxygen atoms in total. The molecule has 0 bridgehead atoms. The number of carboxylic acids is 1. The van der Waals surface area contributed by atoms with E-state index in [1.165, 1.54) is 0 Å². The van der Waals surface area contributed by atoms with E-state index in [4.69, 9.17) is 16.7 Å². The minimum Gasteiger partial charge on any atom is -0.480 e. The van der Waals surface area contributed by atoms with Crippen LogP contribution in [0.4, 0.5) is 5.69 Å². The summed E-state index contributed by atoms with van der Waals surface area (Å²) in [5, 5.41) is 12.7. The molecule has 2 N–H and O–H groups in total. The molecule has 1 saturated heterocycles. The zero-order valence-electron chi connectivity index (χ0n) is 12.3. The fourth-order valence-corrected chi connectivity index (χ4v) is 2.65. The predicted molar refractivity (Wildman–Crippen MR) is 88.9 cm³/mol. The summed E-state index contributed by atoms with van der Waals surface area (Å²) in [6.45, 7) is 2.50. The van der Waals surface area contributed by atoms with Crippen LogP contribution >= 0.6 is 24.0 Å². The number of halogens is 2. The van der Waals surface area contributed by atoms with E-state index in [9.17, 15) is 9.59 Å². The van der Waals surface area contributed by atoms with Crippen molar-refractivity contribution in [2.24, 2.45) is 0 Å².